The van der Waals surface area contributed by atoms with E-state index in [9.17, 15) is 18.0 Å². The van der Waals surface area contributed by atoms with Crippen molar-refractivity contribution >= 4 is 62.3 Å². The summed E-state index contributed by atoms with van der Waals surface area (Å²) in [5.41, 5.74) is 1.55. The summed E-state index contributed by atoms with van der Waals surface area (Å²) in [6, 6.07) is 17.0. The van der Waals surface area contributed by atoms with Gasteiger partial charge < -0.3 is 10.2 Å². The van der Waals surface area contributed by atoms with E-state index in [1.807, 2.05) is 6.92 Å². The number of nitrogens with zero attached hydrogens (tertiary/aromatic N) is 2. The molecule has 4 rings (SSSR count). The molecule has 0 aromatic heterocycles. The van der Waals surface area contributed by atoms with Gasteiger partial charge in [-0.3, -0.25) is 13.9 Å². The lowest BCUT2D eigenvalue weighted by molar-refractivity contribution is -0.140. The Morgan fingerprint density at radius 3 is 2.29 bits per heavy atom. The number of carbonyl (C=O) groups is 2. The average Bonchev–Trinajstić information content (AvgIpc) is 3.48. The minimum Gasteiger partial charge on any atom is -0.352 e. The van der Waals surface area contributed by atoms with Gasteiger partial charge in [-0.05, 0) is 73.7 Å². The van der Waals surface area contributed by atoms with Crippen molar-refractivity contribution in [2.75, 3.05) is 10.8 Å². The molecule has 1 N–H and O–H groups in total. The molecular weight excluding hydrogens is 617 g/mol. The highest BCUT2D eigenvalue weighted by molar-refractivity contribution is 7.92. The van der Waals surface area contributed by atoms with Gasteiger partial charge in [-0.2, -0.15) is 0 Å². The van der Waals surface area contributed by atoms with Crippen LogP contribution in [0.4, 0.5) is 5.69 Å². The summed E-state index contributed by atoms with van der Waals surface area (Å²) >= 11 is 18.7. The van der Waals surface area contributed by atoms with Crippen LogP contribution in [0.5, 0.6) is 0 Å². The molecular formula is C31H34Cl3N3O4S. The summed E-state index contributed by atoms with van der Waals surface area (Å²) in [5.74, 6) is -0.817. The van der Waals surface area contributed by atoms with Gasteiger partial charge in [0.15, 0.2) is 0 Å². The molecule has 11 heteroatoms. The molecule has 1 fully saturated rings. The second-order valence-corrected chi connectivity index (χ2v) is 13.6. The highest BCUT2D eigenvalue weighted by Gasteiger charge is 2.35. The van der Waals surface area contributed by atoms with Crippen molar-refractivity contribution in [3.63, 3.8) is 0 Å². The minimum absolute atomic E-state index is 0.0271. The number of halogens is 3. The summed E-state index contributed by atoms with van der Waals surface area (Å²) < 4.78 is 29.1. The van der Waals surface area contributed by atoms with E-state index in [1.54, 1.807) is 55.5 Å². The number of sulfonamides is 1. The minimum atomic E-state index is -4.19. The molecule has 0 aliphatic heterocycles. The van der Waals surface area contributed by atoms with Crippen molar-refractivity contribution < 1.29 is 18.0 Å². The normalized spacial score (nSPS) is 14.4. The van der Waals surface area contributed by atoms with Crippen molar-refractivity contribution in [1.29, 1.82) is 0 Å². The van der Waals surface area contributed by atoms with Gasteiger partial charge in [0.1, 0.15) is 12.6 Å². The van der Waals surface area contributed by atoms with Gasteiger partial charge in [0.05, 0.1) is 20.6 Å². The molecule has 0 radical (unpaired) electrons. The number of aryl methyl sites for hydroxylation is 1. The summed E-state index contributed by atoms with van der Waals surface area (Å²) in [6.07, 6.45) is 4.19. The van der Waals surface area contributed by atoms with Gasteiger partial charge in [-0.1, -0.05) is 84.9 Å². The third-order valence-corrected chi connectivity index (χ3v) is 10.2. The van der Waals surface area contributed by atoms with Gasteiger partial charge in [0.25, 0.3) is 10.0 Å². The first-order valence-electron chi connectivity index (χ1n) is 13.9. The first kappa shape index (κ1) is 32.1. The van der Waals surface area contributed by atoms with Gasteiger partial charge in [-0.15, -0.1) is 0 Å². The van der Waals surface area contributed by atoms with E-state index in [2.05, 4.69) is 5.32 Å². The molecule has 0 heterocycles. The maximum atomic E-state index is 14.2. The Kier molecular flexibility index (Phi) is 10.8. The third-order valence-electron chi connectivity index (χ3n) is 7.47. The molecule has 7 nitrogen and oxygen atoms in total. The van der Waals surface area contributed by atoms with E-state index in [-0.39, 0.29) is 29.1 Å². The Morgan fingerprint density at radius 1 is 0.952 bits per heavy atom. The van der Waals surface area contributed by atoms with Gasteiger partial charge in [0, 0.05) is 17.6 Å². The maximum absolute atomic E-state index is 14.2. The number of rotatable bonds is 11. The number of anilines is 1. The van der Waals surface area contributed by atoms with Gasteiger partial charge in [0.2, 0.25) is 11.8 Å². The van der Waals surface area contributed by atoms with Crippen molar-refractivity contribution in [3.05, 3.63) is 92.9 Å². The van der Waals surface area contributed by atoms with Crippen molar-refractivity contribution in [2.45, 2.75) is 69.5 Å². The largest absolute Gasteiger partial charge is 0.352 e. The van der Waals surface area contributed by atoms with Crippen LogP contribution in [0.2, 0.25) is 15.1 Å². The lowest BCUT2D eigenvalue weighted by Crippen LogP contribution is -2.53. The van der Waals surface area contributed by atoms with Gasteiger partial charge in [-0.25, -0.2) is 8.42 Å². The molecule has 224 valence electrons. The van der Waals surface area contributed by atoms with E-state index in [0.29, 0.717) is 32.6 Å². The second-order valence-electron chi connectivity index (χ2n) is 10.4. The van der Waals surface area contributed by atoms with E-state index >= 15 is 0 Å². The summed E-state index contributed by atoms with van der Waals surface area (Å²) in [5, 5.41) is 4.10. The van der Waals surface area contributed by atoms with E-state index in [1.165, 1.54) is 23.1 Å². The predicted molar refractivity (Wildman–Crippen MR) is 169 cm³/mol. The molecule has 0 unspecified atom stereocenters. The fourth-order valence-electron chi connectivity index (χ4n) is 5.21. The summed E-state index contributed by atoms with van der Waals surface area (Å²) in [7, 11) is -4.19. The molecule has 1 atom stereocenters. The van der Waals surface area contributed by atoms with E-state index in [4.69, 9.17) is 34.8 Å². The summed E-state index contributed by atoms with van der Waals surface area (Å²) in [4.78, 5) is 29.3. The Balaban J connectivity index is 1.75. The molecule has 1 saturated carbocycles. The number of hydrogen-bond acceptors (Lipinski definition) is 4. The highest BCUT2D eigenvalue weighted by atomic mass is 35.5. The van der Waals surface area contributed by atoms with Crippen LogP contribution >= 0.6 is 34.8 Å². The SMILES string of the molecule is CC[C@H](C(=O)NC1CCCC1)N(Cc1ccc(Cl)c(Cl)c1)C(=O)CN(c1cc(Cl)ccc1C)S(=O)(=O)c1ccccc1. The Morgan fingerprint density at radius 2 is 1.64 bits per heavy atom. The van der Waals surface area contributed by atoms with Crippen molar-refractivity contribution in [1.82, 2.24) is 10.2 Å². The van der Waals surface area contributed by atoms with Crippen LogP contribution in [0.3, 0.4) is 0 Å². The zero-order chi connectivity index (χ0) is 30.4. The lowest BCUT2D eigenvalue weighted by atomic mass is 10.1. The molecule has 2 amide bonds. The Hall–Kier alpha value is -2.78. The molecule has 0 bridgehead atoms. The van der Waals surface area contributed by atoms with Crippen LogP contribution in [0.25, 0.3) is 0 Å². The molecule has 3 aromatic rings. The van der Waals surface area contributed by atoms with Crippen LogP contribution in [0, 0.1) is 6.92 Å². The predicted octanol–water partition coefficient (Wildman–Crippen LogP) is 7.02. The topological polar surface area (TPSA) is 86.8 Å². The number of amides is 2. The number of benzene rings is 3. The van der Waals surface area contributed by atoms with Crippen molar-refractivity contribution in [2.24, 2.45) is 0 Å². The monoisotopic (exact) mass is 649 g/mol. The molecule has 1 aliphatic rings. The van der Waals surface area contributed by atoms with Crippen LogP contribution in [-0.2, 0) is 26.2 Å². The Bertz CT molecular complexity index is 1530. The first-order chi connectivity index (χ1) is 20.0. The number of nitrogens with one attached hydrogen (secondary N) is 1. The van der Waals surface area contributed by atoms with E-state index in [0.717, 1.165) is 30.0 Å². The highest BCUT2D eigenvalue weighted by Crippen LogP contribution is 2.31. The zero-order valence-corrected chi connectivity index (χ0v) is 26.6. The van der Waals surface area contributed by atoms with E-state index < -0.39 is 28.5 Å². The Labute approximate surface area is 262 Å². The average molecular weight is 651 g/mol. The third kappa shape index (κ3) is 7.59. The smallest absolute Gasteiger partial charge is 0.264 e. The fourth-order valence-corrected chi connectivity index (χ4v) is 7.18. The molecule has 0 spiro atoms. The summed E-state index contributed by atoms with van der Waals surface area (Å²) in [6.45, 7) is 3.06. The van der Waals surface area contributed by atoms with Crippen molar-refractivity contribution in [3.8, 4) is 0 Å². The maximum Gasteiger partial charge on any atom is 0.264 e. The van der Waals surface area contributed by atoms with Crippen LogP contribution in [0.1, 0.15) is 50.2 Å². The molecule has 1 aliphatic carbocycles. The zero-order valence-electron chi connectivity index (χ0n) is 23.5. The second kappa shape index (κ2) is 14.1. The lowest BCUT2D eigenvalue weighted by Gasteiger charge is -2.34. The molecule has 0 saturated heterocycles. The fraction of sp³-hybridized carbons (Fsp3) is 0.355. The molecule has 42 heavy (non-hydrogen) atoms. The number of carbonyl (C=O) groups excluding carboxylic acids is 2. The van der Waals surface area contributed by atoms with Crippen LogP contribution < -0.4 is 9.62 Å². The quantitative estimate of drug-likeness (QED) is 0.242. The molecule has 3 aromatic carbocycles. The first-order valence-corrected chi connectivity index (χ1v) is 16.5. The van der Waals surface area contributed by atoms with Crippen LogP contribution in [0.15, 0.2) is 71.6 Å². The standard InChI is InChI=1S/C31H34Cl3N3O4S/c1-3-28(31(39)35-24-9-7-8-10-24)36(19-22-14-16-26(33)27(34)17-22)30(38)20-37(29-18-23(32)15-13-21(29)2)42(40,41)25-11-5-4-6-12-25/h4-6,11-18,24,28H,3,7-10,19-20H2,1-2H3,(H,35,39)/t28-/m1/s1. The van der Waals surface area contributed by atoms with Gasteiger partial charge >= 0.3 is 0 Å². The number of hydrogen-bond donors (Lipinski definition) is 1. The van der Waals surface area contributed by atoms with Crippen LogP contribution in [-0.4, -0.2) is 43.8 Å².